The number of hydrazone groups is 1. The Morgan fingerprint density at radius 2 is 1.81 bits per heavy atom. The highest BCUT2D eigenvalue weighted by atomic mass is 16.3. The summed E-state index contributed by atoms with van der Waals surface area (Å²) in [5.41, 5.74) is 2.26. The third-order valence-corrected chi connectivity index (χ3v) is 3.88. The van der Waals surface area contributed by atoms with Gasteiger partial charge < -0.3 is 10.2 Å². The van der Waals surface area contributed by atoms with Gasteiger partial charge >= 0.3 is 0 Å². The molecule has 0 spiro atoms. The van der Waals surface area contributed by atoms with E-state index in [-0.39, 0.29) is 5.91 Å². The Morgan fingerprint density at radius 3 is 2.41 bits per heavy atom. The molecule has 27 heavy (non-hydrogen) atoms. The van der Waals surface area contributed by atoms with Gasteiger partial charge in [0.25, 0.3) is 0 Å². The van der Waals surface area contributed by atoms with Crippen LogP contribution in [0.1, 0.15) is 24.4 Å². The van der Waals surface area contributed by atoms with Gasteiger partial charge in [-0.3, -0.25) is 4.79 Å². The number of para-hydroxylation sites is 2. The first-order valence-corrected chi connectivity index (χ1v) is 8.44. The van der Waals surface area contributed by atoms with E-state index in [1.54, 1.807) is 22.9 Å². The molecule has 0 fully saturated rings. The largest absolute Gasteiger partial charge is 0.393 e. The molecule has 2 N–H and O–H groups in total. The molecule has 0 bridgehead atoms. The molecule has 1 heterocycles. The van der Waals surface area contributed by atoms with E-state index < -0.39 is 12.7 Å². The van der Waals surface area contributed by atoms with Crippen LogP contribution in [0.2, 0.25) is 0 Å². The minimum absolute atomic E-state index is 0.240. The summed E-state index contributed by atoms with van der Waals surface area (Å²) in [4.78, 5) is 11.9. The molecule has 3 rings (SSSR count). The van der Waals surface area contributed by atoms with E-state index in [2.05, 4.69) is 10.2 Å². The Balaban J connectivity index is 1.96. The van der Waals surface area contributed by atoms with Crippen LogP contribution in [0.3, 0.4) is 0 Å². The smallest absolute Gasteiger partial charge is 0.244 e. The fourth-order valence-corrected chi connectivity index (χ4v) is 2.60. The maximum Gasteiger partial charge on any atom is 0.244 e. The molecule has 0 saturated carbocycles. The van der Waals surface area contributed by atoms with Gasteiger partial charge in [-0.05, 0) is 30.3 Å². The lowest BCUT2D eigenvalue weighted by Gasteiger charge is -2.14. The van der Waals surface area contributed by atoms with Crippen LogP contribution in [0, 0.1) is 0 Å². The Labute approximate surface area is 156 Å². The minimum atomic E-state index is -1.09. The second-order valence-electron chi connectivity index (χ2n) is 5.85. The molecule has 138 valence electrons. The number of aliphatic hydroxyl groups is 2. The van der Waals surface area contributed by atoms with Crippen molar-refractivity contribution in [1.29, 1.82) is 0 Å². The van der Waals surface area contributed by atoms with Crippen LogP contribution >= 0.6 is 0 Å². The normalized spacial score (nSPS) is 12.3. The SMILES string of the molecule is CC(=O)N(/N=C/c1cc(C(O)CO)n(-c2ccccc2)n1)c1ccccc1. The fraction of sp³-hybridized carbons (Fsp3) is 0.150. The average molecular weight is 364 g/mol. The van der Waals surface area contributed by atoms with Gasteiger partial charge in [0.1, 0.15) is 11.8 Å². The lowest BCUT2D eigenvalue weighted by molar-refractivity contribution is -0.116. The van der Waals surface area contributed by atoms with Crippen LogP contribution in [-0.2, 0) is 4.79 Å². The number of rotatable bonds is 6. The Morgan fingerprint density at radius 1 is 1.19 bits per heavy atom. The maximum absolute atomic E-state index is 11.9. The lowest BCUT2D eigenvalue weighted by Crippen LogP contribution is -2.22. The second-order valence-corrected chi connectivity index (χ2v) is 5.85. The van der Waals surface area contributed by atoms with Gasteiger partial charge in [0.05, 0.1) is 29.9 Å². The van der Waals surface area contributed by atoms with Gasteiger partial charge in [-0.1, -0.05) is 36.4 Å². The van der Waals surface area contributed by atoms with Gasteiger partial charge in [-0.2, -0.15) is 10.2 Å². The third kappa shape index (κ3) is 4.28. The number of benzene rings is 2. The second kappa shape index (κ2) is 8.39. The summed E-state index contributed by atoms with van der Waals surface area (Å²) >= 11 is 0. The van der Waals surface area contributed by atoms with Crippen LogP contribution in [0.4, 0.5) is 5.69 Å². The monoisotopic (exact) mass is 364 g/mol. The van der Waals surface area contributed by atoms with Crippen molar-refractivity contribution in [2.24, 2.45) is 5.10 Å². The molecular weight excluding hydrogens is 344 g/mol. The van der Waals surface area contributed by atoms with Crippen molar-refractivity contribution in [3.8, 4) is 5.69 Å². The van der Waals surface area contributed by atoms with Crippen molar-refractivity contribution >= 4 is 17.8 Å². The molecule has 7 heteroatoms. The number of anilines is 1. The molecule has 3 aromatic rings. The van der Waals surface area contributed by atoms with Crippen LogP contribution in [0.15, 0.2) is 71.8 Å². The van der Waals surface area contributed by atoms with Crippen molar-refractivity contribution < 1.29 is 15.0 Å². The summed E-state index contributed by atoms with van der Waals surface area (Å²) in [5.74, 6) is -0.240. The highest BCUT2D eigenvalue weighted by molar-refractivity contribution is 5.93. The number of nitrogens with zero attached hydrogens (tertiary/aromatic N) is 4. The van der Waals surface area contributed by atoms with Gasteiger partial charge in [0.2, 0.25) is 5.91 Å². The van der Waals surface area contributed by atoms with Crippen molar-refractivity contribution in [2.45, 2.75) is 13.0 Å². The number of aromatic nitrogens is 2. The molecule has 0 saturated heterocycles. The highest BCUT2D eigenvalue weighted by Gasteiger charge is 2.16. The van der Waals surface area contributed by atoms with E-state index in [1.807, 2.05) is 48.5 Å². The van der Waals surface area contributed by atoms with Crippen LogP contribution in [0.25, 0.3) is 5.69 Å². The fourth-order valence-electron chi connectivity index (χ4n) is 2.60. The van der Waals surface area contributed by atoms with Crippen molar-refractivity contribution in [3.63, 3.8) is 0 Å². The number of carbonyl (C=O) groups excluding carboxylic acids is 1. The molecule has 0 aliphatic carbocycles. The number of amides is 1. The maximum atomic E-state index is 11.9. The average Bonchev–Trinajstić information content (AvgIpc) is 3.13. The van der Waals surface area contributed by atoms with E-state index in [1.165, 1.54) is 18.1 Å². The first kappa shape index (κ1) is 18.5. The molecule has 7 nitrogen and oxygen atoms in total. The first-order chi connectivity index (χ1) is 13.1. The van der Waals surface area contributed by atoms with E-state index >= 15 is 0 Å². The zero-order valence-electron chi connectivity index (χ0n) is 14.8. The van der Waals surface area contributed by atoms with Crippen LogP contribution < -0.4 is 5.01 Å². The molecule has 1 aromatic heterocycles. The summed E-state index contributed by atoms with van der Waals surface area (Å²) < 4.78 is 1.54. The van der Waals surface area contributed by atoms with E-state index in [4.69, 9.17) is 0 Å². The first-order valence-electron chi connectivity index (χ1n) is 8.44. The summed E-state index contributed by atoms with van der Waals surface area (Å²) in [5, 5.41) is 29.4. The molecule has 1 unspecified atom stereocenters. The number of carbonyl (C=O) groups is 1. The van der Waals surface area contributed by atoms with Crippen molar-refractivity contribution in [1.82, 2.24) is 9.78 Å². The minimum Gasteiger partial charge on any atom is -0.393 e. The third-order valence-electron chi connectivity index (χ3n) is 3.88. The van der Waals surface area contributed by atoms with E-state index in [9.17, 15) is 15.0 Å². The van der Waals surface area contributed by atoms with E-state index in [0.29, 0.717) is 17.1 Å². The highest BCUT2D eigenvalue weighted by Crippen LogP contribution is 2.19. The number of hydrogen-bond donors (Lipinski definition) is 2. The van der Waals surface area contributed by atoms with Gasteiger partial charge in [0.15, 0.2) is 0 Å². The lowest BCUT2D eigenvalue weighted by atomic mass is 10.2. The predicted octanol–water partition coefficient (Wildman–Crippen LogP) is 2.29. The topological polar surface area (TPSA) is 91.0 Å². The summed E-state index contributed by atoms with van der Waals surface area (Å²) in [6.45, 7) is 0.993. The van der Waals surface area contributed by atoms with Crippen LogP contribution in [-0.4, -0.2) is 38.7 Å². The predicted molar refractivity (Wildman–Crippen MR) is 103 cm³/mol. The van der Waals surface area contributed by atoms with Crippen molar-refractivity contribution in [2.75, 3.05) is 11.6 Å². The summed E-state index contributed by atoms with van der Waals surface area (Å²) in [6.07, 6.45) is 0.361. The molecular formula is C20H20N4O3. The zero-order chi connectivity index (χ0) is 19.2. The number of aliphatic hydroxyl groups excluding tert-OH is 2. The Hall–Kier alpha value is -3.29. The van der Waals surface area contributed by atoms with Gasteiger partial charge in [-0.15, -0.1) is 0 Å². The molecule has 1 atom stereocenters. The zero-order valence-corrected chi connectivity index (χ0v) is 14.8. The quantitative estimate of drug-likeness (QED) is 0.519. The summed E-state index contributed by atoms with van der Waals surface area (Å²) in [6, 6.07) is 19.9. The van der Waals surface area contributed by atoms with Gasteiger partial charge in [-0.25, -0.2) is 9.69 Å². The molecule has 2 aromatic carbocycles. The Bertz CT molecular complexity index is 923. The Kier molecular flexibility index (Phi) is 5.75. The molecule has 1 amide bonds. The number of hydrogen-bond acceptors (Lipinski definition) is 5. The summed E-state index contributed by atoms with van der Waals surface area (Å²) in [7, 11) is 0. The van der Waals surface area contributed by atoms with E-state index in [0.717, 1.165) is 5.69 Å². The molecule has 0 radical (unpaired) electrons. The van der Waals surface area contributed by atoms with Gasteiger partial charge in [0, 0.05) is 6.92 Å². The molecule has 0 aliphatic heterocycles. The standard InChI is InChI=1S/C20H20N4O3/c1-15(26)23(17-8-4-2-5-9-17)21-13-16-12-19(20(27)14-25)24(22-16)18-10-6-3-7-11-18/h2-13,20,25,27H,14H2,1H3/b21-13+. The molecule has 0 aliphatic rings. The van der Waals surface area contributed by atoms with Crippen LogP contribution in [0.5, 0.6) is 0 Å². The van der Waals surface area contributed by atoms with Crippen molar-refractivity contribution in [3.05, 3.63) is 78.1 Å².